The Morgan fingerprint density at radius 1 is 0.585 bits per heavy atom. The lowest BCUT2D eigenvalue weighted by Crippen LogP contribution is -2.40. The summed E-state index contributed by atoms with van der Waals surface area (Å²) in [7, 11) is 4.05. The van der Waals surface area contributed by atoms with Crippen LogP contribution in [-0.4, -0.2) is 62.0 Å². The summed E-state index contributed by atoms with van der Waals surface area (Å²) >= 11 is 0. The number of carbonyl (C=O) groups is 2. The van der Waals surface area contributed by atoms with Gasteiger partial charge in [-0.05, 0) is 111 Å². The van der Waals surface area contributed by atoms with Crippen LogP contribution in [0.5, 0.6) is 0 Å². The quantitative estimate of drug-likeness (QED) is 0.206. The van der Waals surface area contributed by atoms with Crippen LogP contribution >= 0.6 is 0 Å². The molecule has 322 valence electrons. The zero-order valence-electron chi connectivity index (χ0n) is 35.3. The fourth-order valence-corrected chi connectivity index (χ4v) is 7.25. The predicted octanol–water partition coefficient (Wildman–Crippen LogP) is 4.62. The number of carboxylic acid groups (broad SMARTS) is 1. The number of nitrogens with zero attached hydrogens (tertiary/aromatic N) is 10. The average molecular weight is 869 g/mol. The van der Waals surface area contributed by atoms with Crippen molar-refractivity contribution in [1.29, 1.82) is 10.5 Å². The summed E-state index contributed by atoms with van der Waals surface area (Å²) in [5.74, 6) is -1.66. The van der Waals surface area contributed by atoms with Gasteiger partial charge in [0.25, 0.3) is 11.1 Å². The predicted molar refractivity (Wildman–Crippen MR) is 237 cm³/mol. The maximum Gasteiger partial charge on any atom is 0.337 e. The molecule has 0 radical (unpaired) electrons. The van der Waals surface area contributed by atoms with Gasteiger partial charge in [0.2, 0.25) is 0 Å². The Morgan fingerprint density at radius 3 is 1.37 bits per heavy atom. The number of aromatic nitrogens is 8. The molecule has 4 aromatic heterocycles. The molecule has 4 aromatic carbocycles. The van der Waals surface area contributed by atoms with Crippen LogP contribution in [-0.2, 0) is 18.8 Å². The molecule has 0 bridgehead atoms. The summed E-state index contributed by atoms with van der Waals surface area (Å²) in [4.78, 5) is 75.7. The second-order valence-corrected chi connectivity index (χ2v) is 14.4. The van der Waals surface area contributed by atoms with Crippen molar-refractivity contribution in [2.24, 2.45) is 14.1 Å². The van der Waals surface area contributed by atoms with Crippen LogP contribution < -0.4 is 22.5 Å². The summed E-state index contributed by atoms with van der Waals surface area (Å²) in [6.07, 6.45) is 3.09. The van der Waals surface area contributed by atoms with E-state index in [0.717, 1.165) is 9.13 Å². The summed E-state index contributed by atoms with van der Waals surface area (Å²) in [6, 6.07) is 33.3. The number of carboxylic acids is 1. The van der Waals surface area contributed by atoms with E-state index in [1.165, 1.54) is 60.8 Å². The van der Waals surface area contributed by atoms with E-state index in [-0.39, 0.29) is 22.3 Å². The Labute approximate surface area is 368 Å². The molecule has 65 heavy (non-hydrogen) atoms. The van der Waals surface area contributed by atoms with Gasteiger partial charge in [0.1, 0.15) is 0 Å². The van der Waals surface area contributed by atoms with Gasteiger partial charge >= 0.3 is 23.3 Å². The van der Waals surface area contributed by atoms with Crippen molar-refractivity contribution in [2.45, 2.75) is 13.8 Å². The number of nitriles is 2. The zero-order valence-corrected chi connectivity index (χ0v) is 35.3. The maximum atomic E-state index is 13.2. The van der Waals surface area contributed by atoms with Crippen molar-refractivity contribution < 1.29 is 19.4 Å². The Kier molecular flexibility index (Phi) is 12.0. The van der Waals surface area contributed by atoms with Gasteiger partial charge in [-0.1, -0.05) is 12.1 Å². The van der Waals surface area contributed by atoms with Gasteiger partial charge < -0.3 is 9.84 Å². The first-order chi connectivity index (χ1) is 31.2. The molecule has 4 heterocycles. The van der Waals surface area contributed by atoms with Crippen molar-refractivity contribution in [3.05, 3.63) is 197 Å². The SMILES string of the molecule is COC(=O)c1cccc(-n2c(C)c(-c3ccnn3-c3ccc(C#N)cc3)c(=O)n(C)c2=O)c1.Cc1c(-c2ccnn2-c2ccc(C#N)cc2)c(=O)n(C)c(=O)n1-c1cccc(C(=O)O)c1. The minimum Gasteiger partial charge on any atom is -0.478 e. The topological polar surface area (TPSA) is 235 Å². The molecule has 0 unspecified atom stereocenters. The van der Waals surface area contributed by atoms with E-state index in [2.05, 4.69) is 22.3 Å². The smallest absolute Gasteiger partial charge is 0.337 e. The standard InChI is InChI=1S/C24H19N5O4.C23H17N5O4/c1-15-21(20-11-12-26-29(20)18-9-7-16(14-25)8-10-18)22(30)27(2)24(32)28(15)19-6-4-5-17(13-19)23(31)33-3;1-14-20(19-10-11-25-28(19)17-8-6-15(13-24)7-9-17)21(29)26(2)23(32)27(14)18-5-3-4-16(12-18)22(30)31/h4-13H,1-3H3;3-12H,1-2H3,(H,30,31). The van der Waals surface area contributed by atoms with E-state index >= 15 is 0 Å². The fraction of sp³-hybridized carbons (Fsp3) is 0.106. The van der Waals surface area contributed by atoms with Crippen LogP contribution in [0.4, 0.5) is 0 Å². The molecule has 0 aliphatic carbocycles. The van der Waals surface area contributed by atoms with Crippen molar-refractivity contribution in [2.75, 3.05) is 7.11 Å². The highest BCUT2D eigenvalue weighted by atomic mass is 16.5. The fourth-order valence-electron chi connectivity index (χ4n) is 7.25. The molecular formula is C47H36N10O8. The molecule has 8 aromatic rings. The minimum atomic E-state index is -1.12. The average Bonchev–Trinajstić information content (AvgIpc) is 4.01. The van der Waals surface area contributed by atoms with Gasteiger partial charge in [0, 0.05) is 25.5 Å². The first-order valence-corrected chi connectivity index (χ1v) is 19.5. The Hall–Kier alpha value is -9.42. The summed E-state index contributed by atoms with van der Waals surface area (Å²) in [6.45, 7) is 3.29. The van der Waals surface area contributed by atoms with Crippen molar-refractivity contribution in [3.63, 3.8) is 0 Å². The molecule has 0 saturated heterocycles. The van der Waals surface area contributed by atoms with E-state index in [4.69, 9.17) is 15.3 Å². The second kappa shape index (κ2) is 17.9. The molecule has 0 amide bonds. The van der Waals surface area contributed by atoms with Gasteiger partial charge in [-0.2, -0.15) is 20.7 Å². The third kappa shape index (κ3) is 8.09. The molecule has 1 N–H and O–H groups in total. The molecule has 0 atom stereocenters. The van der Waals surface area contributed by atoms with Gasteiger partial charge in [0.15, 0.2) is 0 Å². The number of aromatic carboxylic acids is 1. The van der Waals surface area contributed by atoms with Crippen molar-refractivity contribution in [3.8, 4) is 57.4 Å². The molecule has 18 nitrogen and oxygen atoms in total. The number of benzene rings is 4. The van der Waals surface area contributed by atoms with Crippen LogP contribution in [0.1, 0.15) is 43.2 Å². The van der Waals surface area contributed by atoms with Gasteiger partial charge in [-0.25, -0.2) is 28.5 Å². The number of hydrogen-bond acceptors (Lipinski definition) is 11. The molecular weight excluding hydrogens is 833 g/mol. The molecule has 0 saturated carbocycles. The third-order valence-electron chi connectivity index (χ3n) is 10.5. The largest absolute Gasteiger partial charge is 0.478 e. The highest BCUT2D eigenvalue weighted by Crippen LogP contribution is 2.26. The maximum absolute atomic E-state index is 13.2. The van der Waals surface area contributed by atoms with Crippen LogP contribution in [0.3, 0.4) is 0 Å². The molecule has 0 aliphatic heterocycles. The number of ether oxygens (including phenoxy) is 1. The molecule has 18 heteroatoms. The lowest BCUT2D eigenvalue weighted by Gasteiger charge is -2.17. The number of carbonyl (C=O) groups excluding carboxylic acids is 1. The molecule has 0 aliphatic rings. The van der Waals surface area contributed by atoms with Crippen LogP contribution in [0, 0.1) is 36.5 Å². The van der Waals surface area contributed by atoms with Crippen molar-refractivity contribution in [1.82, 2.24) is 37.8 Å². The first kappa shape index (κ1) is 43.7. The van der Waals surface area contributed by atoms with Crippen LogP contribution in [0.2, 0.25) is 0 Å². The van der Waals surface area contributed by atoms with E-state index in [0.29, 0.717) is 56.7 Å². The molecule has 0 spiro atoms. The van der Waals surface area contributed by atoms with Crippen molar-refractivity contribution >= 4 is 11.9 Å². The molecule has 0 fully saturated rings. The lowest BCUT2D eigenvalue weighted by atomic mass is 10.1. The van der Waals surface area contributed by atoms with Gasteiger partial charge in [-0.3, -0.25) is 27.9 Å². The Morgan fingerprint density at radius 2 is 0.985 bits per heavy atom. The Balaban J connectivity index is 0.000000194. The van der Waals surface area contributed by atoms with E-state index in [9.17, 15) is 33.9 Å². The van der Waals surface area contributed by atoms with Crippen LogP contribution in [0.25, 0.3) is 45.3 Å². The number of esters is 1. The number of methoxy groups -OCH3 is 1. The van der Waals surface area contributed by atoms with Gasteiger partial charge in [0.05, 0.1) is 99.2 Å². The highest BCUT2D eigenvalue weighted by Gasteiger charge is 2.23. The number of hydrogen-bond donors (Lipinski definition) is 1. The zero-order chi connectivity index (χ0) is 46.7. The second-order valence-electron chi connectivity index (χ2n) is 14.4. The van der Waals surface area contributed by atoms with E-state index < -0.39 is 34.4 Å². The summed E-state index contributed by atoms with van der Waals surface area (Å²) < 4.78 is 12.6. The minimum absolute atomic E-state index is 0.0202. The first-order valence-electron chi connectivity index (χ1n) is 19.5. The summed E-state index contributed by atoms with van der Waals surface area (Å²) in [5, 5.41) is 36.1. The monoisotopic (exact) mass is 868 g/mol. The number of rotatable bonds is 8. The van der Waals surface area contributed by atoms with E-state index in [1.54, 1.807) is 114 Å². The summed E-state index contributed by atoms with van der Waals surface area (Å²) in [5.41, 5.74) is 3.39. The third-order valence-corrected chi connectivity index (χ3v) is 10.5. The van der Waals surface area contributed by atoms with Crippen LogP contribution in [0.15, 0.2) is 141 Å². The van der Waals surface area contributed by atoms with E-state index in [1.807, 2.05) is 0 Å². The molecule has 8 rings (SSSR count). The normalized spacial score (nSPS) is 10.6. The Bertz CT molecular complexity index is 3520. The lowest BCUT2D eigenvalue weighted by molar-refractivity contribution is 0.0599. The van der Waals surface area contributed by atoms with Gasteiger partial charge in [-0.15, -0.1) is 0 Å². The highest BCUT2D eigenvalue weighted by molar-refractivity contribution is 5.90.